The second kappa shape index (κ2) is 5.24. The molecule has 2 aliphatic rings. The van der Waals surface area contributed by atoms with Crippen LogP contribution in [-0.4, -0.2) is 42.7 Å². The van der Waals surface area contributed by atoms with Gasteiger partial charge in [-0.15, -0.1) is 0 Å². The van der Waals surface area contributed by atoms with Gasteiger partial charge >= 0.3 is 5.97 Å². The maximum Gasteiger partial charge on any atom is 0.310 e. The van der Waals surface area contributed by atoms with E-state index in [9.17, 15) is 9.59 Å². The molecule has 0 aromatic heterocycles. The van der Waals surface area contributed by atoms with Crippen LogP contribution in [0, 0.1) is 17.8 Å². The SMILES string of the molecule is CCOC(=O)C1CN2NCNC(=O)C2C1C(C)C. The number of ether oxygens (including phenoxy) is 1. The zero-order chi connectivity index (χ0) is 13.3. The molecule has 2 aliphatic heterocycles. The van der Waals surface area contributed by atoms with E-state index < -0.39 is 0 Å². The van der Waals surface area contributed by atoms with Gasteiger partial charge < -0.3 is 10.1 Å². The van der Waals surface area contributed by atoms with Crippen LogP contribution in [0.5, 0.6) is 0 Å². The number of rotatable bonds is 3. The molecule has 2 heterocycles. The minimum absolute atomic E-state index is 0.000696. The molecular formula is C12H21N3O3. The summed E-state index contributed by atoms with van der Waals surface area (Å²) in [4.78, 5) is 24.0. The van der Waals surface area contributed by atoms with Crippen LogP contribution < -0.4 is 10.7 Å². The lowest BCUT2D eigenvalue weighted by molar-refractivity contribution is -0.149. The summed E-state index contributed by atoms with van der Waals surface area (Å²) in [6, 6.07) is -0.270. The number of hydrazine groups is 1. The van der Waals surface area contributed by atoms with E-state index in [2.05, 4.69) is 10.7 Å². The van der Waals surface area contributed by atoms with Gasteiger partial charge in [0, 0.05) is 12.5 Å². The summed E-state index contributed by atoms with van der Waals surface area (Å²) in [6.07, 6.45) is 0. The number of hydrogen-bond acceptors (Lipinski definition) is 5. The molecular weight excluding hydrogens is 234 g/mol. The van der Waals surface area contributed by atoms with Gasteiger partial charge in [-0.05, 0) is 12.8 Å². The summed E-state index contributed by atoms with van der Waals surface area (Å²) >= 11 is 0. The summed E-state index contributed by atoms with van der Waals surface area (Å²) in [5.41, 5.74) is 3.12. The lowest BCUT2D eigenvalue weighted by Gasteiger charge is -2.33. The molecule has 0 aromatic carbocycles. The Kier molecular flexibility index (Phi) is 3.87. The highest BCUT2D eigenvalue weighted by atomic mass is 16.5. The third-order valence-corrected chi connectivity index (χ3v) is 3.73. The first-order valence-corrected chi connectivity index (χ1v) is 6.50. The summed E-state index contributed by atoms with van der Waals surface area (Å²) < 4.78 is 5.12. The van der Waals surface area contributed by atoms with Gasteiger partial charge in [-0.25, -0.2) is 10.4 Å². The minimum Gasteiger partial charge on any atom is -0.466 e. The summed E-state index contributed by atoms with van der Waals surface area (Å²) in [6.45, 7) is 7.24. The Morgan fingerprint density at radius 1 is 1.56 bits per heavy atom. The number of nitrogens with one attached hydrogen (secondary N) is 2. The Labute approximate surface area is 107 Å². The van der Waals surface area contributed by atoms with Gasteiger partial charge in [0.2, 0.25) is 5.91 Å². The highest BCUT2D eigenvalue weighted by Crippen LogP contribution is 2.36. The van der Waals surface area contributed by atoms with Crippen molar-refractivity contribution >= 4 is 11.9 Å². The van der Waals surface area contributed by atoms with Crippen molar-refractivity contribution in [2.45, 2.75) is 26.8 Å². The van der Waals surface area contributed by atoms with Gasteiger partial charge in [-0.1, -0.05) is 13.8 Å². The minimum atomic E-state index is -0.270. The fraction of sp³-hybridized carbons (Fsp3) is 0.833. The Morgan fingerprint density at radius 3 is 2.89 bits per heavy atom. The Balaban J connectivity index is 2.21. The zero-order valence-corrected chi connectivity index (χ0v) is 11.1. The molecule has 6 heteroatoms. The van der Waals surface area contributed by atoms with Gasteiger partial charge in [-0.3, -0.25) is 9.59 Å². The standard InChI is InChI=1S/C12H21N3O3/c1-4-18-12(17)8-5-15-10(9(8)7(2)3)11(16)13-6-14-15/h7-10,14H,4-6H2,1-3H3,(H,13,16). The average molecular weight is 255 g/mol. The zero-order valence-electron chi connectivity index (χ0n) is 11.1. The predicted molar refractivity (Wildman–Crippen MR) is 65.1 cm³/mol. The molecule has 0 aliphatic carbocycles. The predicted octanol–water partition coefficient (Wildman–Crippen LogP) is -0.286. The van der Waals surface area contributed by atoms with Crippen molar-refractivity contribution in [3.8, 4) is 0 Å². The molecule has 0 radical (unpaired) electrons. The Morgan fingerprint density at radius 2 is 2.28 bits per heavy atom. The summed E-state index contributed by atoms with van der Waals surface area (Å²) in [7, 11) is 0. The van der Waals surface area contributed by atoms with Crippen LogP contribution in [0.4, 0.5) is 0 Å². The van der Waals surface area contributed by atoms with Crippen LogP contribution in [-0.2, 0) is 14.3 Å². The van der Waals surface area contributed by atoms with Gasteiger partial charge in [-0.2, -0.15) is 0 Å². The molecule has 3 atom stereocenters. The van der Waals surface area contributed by atoms with Crippen LogP contribution in [0.1, 0.15) is 20.8 Å². The number of hydrogen-bond donors (Lipinski definition) is 2. The fourth-order valence-electron chi connectivity index (χ4n) is 3.00. The van der Waals surface area contributed by atoms with Gasteiger partial charge in [0.25, 0.3) is 0 Å². The van der Waals surface area contributed by atoms with Crippen LogP contribution in [0.25, 0.3) is 0 Å². The Bertz CT molecular complexity index is 345. The molecule has 3 unspecified atom stereocenters. The van der Waals surface area contributed by atoms with E-state index >= 15 is 0 Å². The smallest absolute Gasteiger partial charge is 0.310 e. The van der Waals surface area contributed by atoms with Gasteiger partial charge in [0.1, 0.15) is 6.04 Å². The molecule has 0 aromatic rings. The molecule has 2 fully saturated rings. The maximum atomic E-state index is 12.0. The van der Waals surface area contributed by atoms with E-state index in [-0.39, 0.29) is 35.7 Å². The molecule has 2 rings (SSSR count). The van der Waals surface area contributed by atoms with Crippen LogP contribution >= 0.6 is 0 Å². The third-order valence-electron chi connectivity index (χ3n) is 3.73. The molecule has 0 saturated carbocycles. The number of fused-ring (bicyclic) bond motifs is 1. The van der Waals surface area contributed by atoms with Crippen molar-refractivity contribution in [1.82, 2.24) is 15.8 Å². The highest BCUT2D eigenvalue weighted by Gasteiger charge is 2.51. The molecule has 2 N–H and O–H groups in total. The van der Waals surface area contributed by atoms with E-state index in [1.807, 2.05) is 18.9 Å². The third kappa shape index (κ3) is 2.22. The van der Waals surface area contributed by atoms with Crippen molar-refractivity contribution in [3.05, 3.63) is 0 Å². The number of nitrogens with zero attached hydrogens (tertiary/aromatic N) is 1. The molecule has 102 valence electrons. The van der Waals surface area contributed by atoms with E-state index in [1.165, 1.54) is 0 Å². The van der Waals surface area contributed by atoms with E-state index in [1.54, 1.807) is 6.92 Å². The van der Waals surface area contributed by atoms with E-state index in [0.29, 0.717) is 19.8 Å². The topological polar surface area (TPSA) is 70.7 Å². The van der Waals surface area contributed by atoms with Crippen molar-refractivity contribution in [3.63, 3.8) is 0 Å². The highest BCUT2D eigenvalue weighted by molar-refractivity contribution is 5.85. The van der Waals surface area contributed by atoms with Crippen molar-refractivity contribution in [1.29, 1.82) is 0 Å². The van der Waals surface area contributed by atoms with Crippen LogP contribution in [0.15, 0.2) is 0 Å². The molecule has 0 bridgehead atoms. The summed E-state index contributed by atoms with van der Waals surface area (Å²) in [5, 5.41) is 4.67. The number of carbonyl (C=O) groups is 2. The lowest BCUT2D eigenvalue weighted by Crippen LogP contribution is -2.60. The lowest BCUT2D eigenvalue weighted by atomic mass is 9.81. The fourth-order valence-corrected chi connectivity index (χ4v) is 3.00. The van der Waals surface area contributed by atoms with Gasteiger partial charge in [0.05, 0.1) is 19.2 Å². The summed E-state index contributed by atoms with van der Waals surface area (Å²) in [5.74, 6) is -0.178. The first-order chi connectivity index (χ1) is 8.56. The molecule has 18 heavy (non-hydrogen) atoms. The quantitative estimate of drug-likeness (QED) is 0.678. The first kappa shape index (κ1) is 13.3. The number of amides is 1. The largest absolute Gasteiger partial charge is 0.466 e. The molecule has 1 amide bonds. The molecule has 6 nitrogen and oxygen atoms in total. The maximum absolute atomic E-state index is 12.0. The average Bonchev–Trinajstić information content (AvgIpc) is 2.70. The molecule has 0 spiro atoms. The number of carbonyl (C=O) groups excluding carboxylic acids is 2. The second-order valence-electron chi connectivity index (χ2n) is 5.15. The van der Waals surface area contributed by atoms with Gasteiger partial charge in [0.15, 0.2) is 0 Å². The monoisotopic (exact) mass is 255 g/mol. The normalized spacial score (nSPS) is 32.2. The van der Waals surface area contributed by atoms with Crippen LogP contribution in [0.3, 0.4) is 0 Å². The number of esters is 1. The van der Waals surface area contributed by atoms with Crippen molar-refractivity contribution < 1.29 is 14.3 Å². The first-order valence-electron chi connectivity index (χ1n) is 6.50. The van der Waals surface area contributed by atoms with E-state index in [0.717, 1.165) is 0 Å². The second-order valence-corrected chi connectivity index (χ2v) is 5.15. The Hall–Kier alpha value is -1.14. The molecule has 2 saturated heterocycles. The van der Waals surface area contributed by atoms with E-state index in [4.69, 9.17) is 4.74 Å². The van der Waals surface area contributed by atoms with Crippen molar-refractivity contribution in [2.75, 3.05) is 19.8 Å². The van der Waals surface area contributed by atoms with Crippen LogP contribution in [0.2, 0.25) is 0 Å². The van der Waals surface area contributed by atoms with Crippen molar-refractivity contribution in [2.24, 2.45) is 17.8 Å².